The van der Waals surface area contributed by atoms with Crippen LogP contribution in [0.25, 0.3) is 0 Å². The number of rotatable bonds is 5. The lowest BCUT2D eigenvalue weighted by atomic mass is 10.1. The second-order valence-electron chi connectivity index (χ2n) is 4.60. The van der Waals surface area contributed by atoms with Crippen molar-refractivity contribution < 1.29 is 23.9 Å². The van der Waals surface area contributed by atoms with Crippen LogP contribution in [0.5, 0.6) is 5.75 Å². The summed E-state index contributed by atoms with van der Waals surface area (Å²) in [6.45, 7) is 3.68. The van der Waals surface area contributed by atoms with E-state index in [-0.39, 0.29) is 11.1 Å². The minimum Gasteiger partial charge on any atom is -0.493 e. The number of benzene rings is 1. The average molecular weight is 276 g/mol. The Bertz CT molecular complexity index is 561. The van der Waals surface area contributed by atoms with E-state index in [4.69, 9.17) is 9.47 Å². The fourth-order valence-electron chi connectivity index (χ4n) is 2.10. The summed E-state index contributed by atoms with van der Waals surface area (Å²) in [4.78, 5) is 35.3. The van der Waals surface area contributed by atoms with Crippen molar-refractivity contribution in [3.05, 3.63) is 29.3 Å². The number of hydrogen-bond donors (Lipinski definition) is 0. The van der Waals surface area contributed by atoms with Gasteiger partial charge < -0.3 is 9.47 Å². The molecule has 0 saturated heterocycles. The Kier molecular flexibility index (Phi) is 4.17. The van der Waals surface area contributed by atoms with Crippen LogP contribution in [0.15, 0.2) is 18.2 Å². The van der Waals surface area contributed by atoms with Gasteiger partial charge in [0.15, 0.2) is 0 Å². The van der Waals surface area contributed by atoms with Gasteiger partial charge in [0.1, 0.15) is 5.75 Å². The number of ketones is 2. The van der Waals surface area contributed by atoms with E-state index in [1.165, 1.54) is 6.92 Å². The maximum Gasteiger partial charge on any atom is 0.303 e. The summed E-state index contributed by atoms with van der Waals surface area (Å²) in [5.74, 6) is -1.27. The highest BCUT2D eigenvalue weighted by Gasteiger charge is 2.43. The van der Waals surface area contributed by atoms with Crippen LogP contribution in [-0.4, -0.2) is 30.2 Å². The zero-order chi connectivity index (χ0) is 14.7. The molecule has 20 heavy (non-hydrogen) atoms. The van der Waals surface area contributed by atoms with E-state index >= 15 is 0 Å². The largest absolute Gasteiger partial charge is 0.493 e. The third-order valence-corrected chi connectivity index (χ3v) is 3.05. The number of ether oxygens (including phenoxy) is 2. The van der Waals surface area contributed by atoms with Crippen LogP contribution >= 0.6 is 0 Å². The Morgan fingerprint density at radius 3 is 2.65 bits per heavy atom. The molecule has 0 heterocycles. The minimum absolute atomic E-state index is 0.222. The van der Waals surface area contributed by atoms with Gasteiger partial charge in [-0.15, -0.1) is 0 Å². The van der Waals surface area contributed by atoms with Crippen molar-refractivity contribution in [3.63, 3.8) is 0 Å². The van der Waals surface area contributed by atoms with Gasteiger partial charge in [0.05, 0.1) is 12.2 Å². The number of unbranched alkanes of at least 4 members (excludes halogenated alkanes) is 1. The summed E-state index contributed by atoms with van der Waals surface area (Å²) in [6, 6.07) is 4.85. The first-order valence-corrected chi connectivity index (χ1v) is 6.57. The normalized spacial score (nSPS) is 17.0. The minimum atomic E-state index is -1.36. The summed E-state index contributed by atoms with van der Waals surface area (Å²) >= 11 is 0. The van der Waals surface area contributed by atoms with Crippen molar-refractivity contribution in [2.75, 3.05) is 6.61 Å². The highest BCUT2D eigenvalue weighted by atomic mass is 16.5. The maximum atomic E-state index is 12.2. The second-order valence-corrected chi connectivity index (χ2v) is 4.60. The summed E-state index contributed by atoms with van der Waals surface area (Å²) in [5, 5.41) is 0. The second kappa shape index (κ2) is 5.86. The molecule has 0 N–H and O–H groups in total. The molecule has 0 radical (unpaired) electrons. The number of carbonyl (C=O) groups is 3. The number of carbonyl (C=O) groups excluding carboxylic acids is 3. The molecule has 0 spiro atoms. The summed E-state index contributed by atoms with van der Waals surface area (Å²) < 4.78 is 10.4. The Balaban J connectivity index is 2.30. The molecular formula is C15H16O5. The third kappa shape index (κ3) is 2.57. The highest BCUT2D eigenvalue weighted by Crippen LogP contribution is 2.32. The molecule has 0 saturated carbocycles. The molecule has 0 amide bonds. The molecule has 1 aliphatic rings. The molecule has 5 heteroatoms. The molecular weight excluding hydrogens is 260 g/mol. The van der Waals surface area contributed by atoms with Crippen LogP contribution in [0, 0.1) is 0 Å². The highest BCUT2D eigenvalue weighted by molar-refractivity contribution is 6.30. The van der Waals surface area contributed by atoms with Gasteiger partial charge in [0.2, 0.25) is 17.7 Å². The zero-order valence-electron chi connectivity index (χ0n) is 11.5. The predicted molar refractivity (Wildman–Crippen MR) is 71.1 cm³/mol. The van der Waals surface area contributed by atoms with Crippen LogP contribution in [-0.2, 0) is 9.53 Å². The number of esters is 1. The van der Waals surface area contributed by atoms with Crippen molar-refractivity contribution in [1.82, 2.24) is 0 Å². The third-order valence-electron chi connectivity index (χ3n) is 3.05. The zero-order valence-corrected chi connectivity index (χ0v) is 11.5. The molecule has 2 rings (SSSR count). The topological polar surface area (TPSA) is 69.7 Å². The predicted octanol–water partition coefficient (Wildman–Crippen LogP) is 2.18. The lowest BCUT2D eigenvalue weighted by molar-refractivity contribution is -0.142. The van der Waals surface area contributed by atoms with Gasteiger partial charge in [-0.05, 0) is 12.5 Å². The first-order chi connectivity index (χ1) is 9.56. The maximum absolute atomic E-state index is 12.2. The van der Waals surface area contributed by atoms with E-state index < -0.39 is 23.6 Å². The molecule has 0 aliphatic heterocycles. The molecule has 0 fully saturated rings. The Morgan fingerprint density at radius 2 is 2.00 bits per heavy atom. The first-order valence-electron chi connectivity index (χ1n) is 6.57. The monoisotopic (exact) mass is 276 g/mol. The summed E-state index contributed by atoms with van der Waals surface area (Å²) in [5.41, 5.74) is 0.482. The fraction of sp³-hybridized carbons (Fsp3) is 0.400. The van der Waals surface area contributed by atoms with Gasteiger partial charge in [-0.2, -0.15) is 0 Å². The van der Waals surface area contributed by atoms with Gasteiger partial charge in [0, 0.05) is 12.5 Å². The lowest BCUT2D eigenvalue weighted by Gasteiger charge is -2.09. The molecule has 1 unspecified atom stereocenters. The van der Waals surface area contributed by atoms with Crippen molar-refractivity contribution in [2.45, 2.75) is 32.8 Å². The molecule has 1 aliphatic carbocycles. The molecule has 5 nitrogen and oxygen atoms in total. The SMILES string of the molecule is CCCCOc1cccc2c1C(=O)C(OC(C)=O)C2=O. The van der Waals surface area contributed by atoms with E-state index in [2.05, 4.69) is 0 Å². The molecule has 0 bridgehead atoms. The van der Waals surface area contributed by atoms with Crippen LogP contribution in [0.3, 0.4) is 0 Å². The number of hydrogen-bond acceptors (Lipinski definition) is 5. The Hall–Kier alpha value is -2.17. The fourth-order valence-corrected chi connectivity index (χ4v) is 2.10. The van der Waals surface area contributed by atoms with Crippen molar-refractivity contribution in [3.8, 4) is 5.75 Å². The molecule has 1 atom stereocenters. The van der Waals surface area contributed by atoms with E-state index in [1.54, 1.807) is 18.2 Å². The molecule has 0 aromatic heterocycles. The van der Waals surface area contributed by atoms with E-state index in [0.717, 1.165) is 12.8 Å². The number of fused-ring (bicyclic) bond motifs is 1. The van der Waals surface area contributed by atoms with Crippen LogP contribution in [0.1, 0.15) is 47.4 Å². The van der Waals surface area contributed by atoms with E-state index in [1.807, 2.05) is 6.92 Å². The average Bonchev–Trinajstić information content (AvgIpc) is 2.65. The van der Waals surface area contributed by atoms with Crippen LogP contribution in [0.4, 0.5) is 0 Å². The quantitative estimate of drug-likeness (QED) is 0.468. The van der Waals surface area contributed by atoms with Gasteiger partial charge in [-0.3, -0.25) is 14.4 Å². The number of Topliss-reactive ketones (excluding diaryl/α,β-unsaturated/α-hetero) is 2. The van der Waals surface area contributed by atoms with Crippen LogP contribution in [0.2, 0.25) is 0 Å². The van der Waals surface area contributed by atoms with Crippen molar-refractivity contribution >= 4 is 17.5 Å². The Labute approximate surface area is 116 Å². The Morgan fingerprint density at radius 1 is 1.25 bits per heavy atom. The van der Waals surface area contributed by atoms with Gasteiger partial charge >= 0.3 is 5.97 Å². The van der Waals surface area contributed by atoms with Gasteiger partial charge in [0.25, 0.3) is 0 Å². The molecule has 106 valence electrons. The van der Waals surface area contributed by atoms with E-state index in [9.17, 15) is 14.4 Å². The van der Waals surface area contributed by atoms with Crippen molar-refractivity contribution in [1.29, 1.82) is 0 Å². The lowest BCUT2D eigenvalue weighted by Crippen LogP contribution is -2.27. The van der Waals surface area contributed by atoms with Gasteiger partial charge in [-0.25, -0.2) is 0 Å². The molecule has 1 aromatic rings. The summed E-state index contributed by atoms with van der Waals surface area (Å²) in [7, 11) is 0. The standard InChI is InChI=1S/C15H16O5/c1-3-4-8-19-11-7-5-6-10-12(11)14(18)15(13(10)17)20-9(2)16/h5-7,15H,3-4,8H2,1-2H3. The van der Waals surface area contributed by atoms with Crippen LogP contribution < -0.4 is 4.74 Å². The first kappa shape index (κ1) is 14.2. The van der Waals surface area contributed by atoms with Gasteiger partial charge in [-0.1, -0.05) is 25.5 Å². The summed E-state index contributed by atoms with van der Waals surface area (Å²) in [6.07, 6.45) is 0.468. The molecule has 1 aromatic carbocycles. The van der Waals surface area contributed by atoms with E-state index in [0.29, 0.717) is 12.4 Å². The smallest absolute Gasteiger partial charge is 0.303 e. The van der Waals surface area contributed by atoms with Crippen molar-refractivity contribution in [2.24, 2.45) is 0 Å².